The Morgan fingerprint density at radius 3 is 2.58 bits per heavy atom. The van der Waals surface area contributed by atoms with Crippen LogP contribution >= 0.6 is 0 Å². The van der Waals surface area contributed by atoms with Gasteiger partial charge in [0, 0.05) is 31.8 Å². The molecule has 19 heavy (non-hydrogen) atoms. The number of ether oxygens (including phenoxy) is 1. The number of hydrogen-bond acceptors (Lipinski definition) is 3. The largest absolute Gasteiger partial charge is 0.383 e. The van der Waals surface area contributed by atoms with Gasteiger partial charge in [0.1, 0.15) is 0 Å². The van der Waals surface area contributed by atoms with Gasteiger partial charge in [-0.2, -0.15) is 0 Å². The zero-order valence-electron chi connectivity index (χ0n) is 13.8. The summed E-state index contributed by atoms with van der Waals surface area (Å²) in [7, 11) is 1.80. The summed E-state index contributed by atoms with van der Waals surface area (Å²) >= 11 is 0. The van der Waals surface area contributed by atoms with Crippen molar-refractivity contribution in [1.82, 2.24) is 10.2 Å². The van der Waals surface area contributed by atoms with Crippen LogP contribution in [0.5, 0.6) is 0 Å². The van der Waals surface area contributed by atoms with Gasteiger partial charge in [-0.3, -0.25) is 4.90 Å². The highest BCUT2D eigenvalue weighted by Crippen LogP contribution is 2.40. The summed E-state index contributed by atoms with van der Waals surface area (Å²) in [6, 6.07) is 1.84. The molecular weight excluding hydrogens is 236 g/mol. The molecule has 0 aromatic heterocycles. The van der Waals surface area contributed by atoms with E-state index in [-0.39, 0.29) is 0 Å². The van der Waals surface area contributed by atoms with E-state index < -0.39 is 0 Å². The van der Waals surface area contributed by atoms with Crippen molar-refractivity contribution in [2.45, 2.75) is 72.0 Å². The lowest BCUT2D eigenvalue weighted by Gasteiger charge is -2.40. The third-order valence-corrected chi connectivity index (χ3v) is 4.57. The standard InChI is InChI=1S/C16H34N2O/c1-7-10-17-15-14(8-9-16(15,4)5)18(13(2)3)11-12-19-6/h13-15,17H,7-12H2,1-6H3. The molecule has 0 aromatic carbocycles. The van der Waals surface area contributed by atoms with E-state index in [1.807, 2.05) is 0 Å². The van der Waals surface area contributed by atoms with E-state index in [4.69, 9.17) is 4.74 Å². The SMILES string of the molecule is CCCNC1C(N(CCOC)C(C)C)CCC1(C)C. The number of rotatable bonds is 8. The average Bonchev–Trinajstić information content (AvgIpc) is 2.63. The summed E-state index contributed by atoms with van der Waals surface area (Å²) in [5, 5.41) is 3.80. The molecule has 1 rings (SSSR count). The molecule has 1 aliphatic carbocycles. The molecule has 0 heterocycles. The van der Waals surface area contributed by atoms with Gasteiger partial charge in [0.2, 0.25) is 0 Å². The molecule has 2 unspecified atom stereocenters. The van der Waals surface area contributed by atoms with E-state index >= 15 is 0 Å². The second kappa shape index (κ2) is 7.61. The third-order valence-electron chi connectivity index (χ3n) is 4.57. The minimum Gasteiger partial charge on any atom is -0.383 e. The number of hydrogen-bond donors (Lipinski definition) is 1. The molecule has 3 nitrogen and oxygen atoms in total. The van der Waals surface area contributed by atoms with Crippen LogP contribution in [0.2, 0.25) is 0 Å². The van der Waals surface area contributed by atoms with Crippen LogP contribution in [0.15, 0.2) is 0 Å². The topological polar surface area (TPSA) is 24.5 Å². The predicted molar refractivity (Wildman–Crippen MR) is 82.6 cm³/mol. The maximum absolute atomic E-state index is 5.29. The Bertz CT molecular complexity index is 253. The van der Waals surface area contributed by atoms with Crippen LogP contribution in [-0.2, 0) is 4.74 Å². The first-order valence-corrected chi connectivity index (χ1v) is 7.92. The summed E-state index contributed by atoms with van der Waals surface area (Å²) in [4.78, 5) is 2.63. The zero-order chi connectivity index (χ0) is 14.5. The molecule has 0 amide bonds. The molecule has 0 spiro atoms. The van der Waals surface area contributed by atoms with Gasteiger partial charge in [-0.25, -0.2) is 0 Å². The first-order chi connectivity index (χ1) is 8.94. The molecule has 114 valence electrons. The van der Waals surface area contributed by atoms with Crippen LogP contribution in [-0.4, -0.2) is 49.8 Å². The lowest BCUT2D eigenvalue weighted by atomic mass is 9.86. The highest BCUT2D eigenvalue weighted by molar-refractivity contribution is 5.01. The molecule has 0 aliphatic heterocycles. The van der Waals surface area contributed by atoms with Crippen LogP contribution in [0.1, 0.15) is 53.9 Å². The van der Waals surface area contributed by atoms with Gasteiger partial charge in [0.15, 0.2) is 0 Å². The van der Waals surface area contributed by atoms with Gasteiger partial charge < -0.3 is 10.1 Å². The fourth-order valence-corrected chi connectivity index (χ4v) is 3.44. The fraction of sp³-hybridized carbons (Fsp3) is 1.00. The maximum Gasteiger partial charge on any atom is 0.0589 e. The van der Waals surface area contributed by atoms with E-state index in [0.717, 1.165) is 19.7 Å². The van der Waals surface area contributed by atoms with Crippen LogP contribution in [0.4, 0.5) is 0 Å². The van der Waals surface area contributed by atoms with Crippen molar-refractivity contribution in [1.29, 1.82) is 0 Å². The van der Waals surface area contributed by atoms with Gasteiger partial charge in [-0.1, -0.05) is 20.8 Å². The van der Waals surface area contributed by atoms with Gasteiger partial charge in [0.05, 0.1) is 6.61 Å². The average molecular weight is 270 g/mol. The summed E-state index contributed by atoms with van der Waals surface area (Å²) in [6.07, 6.45) is 3.82. The Labute approximate surface area is 120 Å². The van der Waals surface area contributed by atoms with Crippen molar-refractivity contribution in [3.63, 3.8) is 0 Å². The minimum atomic E-state index is 0.403. The molecule has 1 aliphatic rings. The Balaban J connectivity index is 2.75. The first-order valence-electron chi connectivity index (χ1n) is 7.92. The quantitative estimate of drug-likeness (QED) is 0.734. The Morgan fingerprint density at radius 2 is 2.05 bits per heavy atom. The van der Waals surface area contributed by atoms with Crippen LogP contribution in [0.3, 0.4) is 0 Å². The Morgan fingerprint density at radius 1 is 1.37 bits per heavy atom. The van der Waals surface area contributed by atoms with Gasteiger partial charge in [-0.05, 0) is 45.1 Å². The molecule has 1 saturated carbocycles. The molecule has 0 bridgehead atoms. The first kappa shape index (κ1) is 16.9. The molecule has 0 radical (unpaired) electrons. The minimum absolute atomic E-state index is 0.403. The van der Waals surface area contributed by atoms with Gasteiger partial charge in [0.25, 0.3) is 0 Å². The number of methoxy groups -OCH3 is 1. The van der Waals surface area contributed by atoms with Crippen molar-refractivity contribution < 1.29 is 4.74 Å². The fourth-order valence-electron chi connectivity index (χ4n) is 3.44. The van der Waals surface area contributed by atoms with Crippen molar-refractivity contribution >= 4 is 0 Å². The van der Waals surface area contributed by atoms with E-state index in [0.29, 0.717) is 23.5 Å². The van der Waals surface area contributed by atoms with E-state index in [2.05, 4.69) is 44.8 Å². The maximum atomic E-state index is 5.29. The van der Waals surface area contributed by atoms with Gasteiger partial charge >= 0.3 is 0 Å². The lowest BCUT2D eigenvalue weighted by molar-refractivity contribution is 0.0757. The molecule has 1 N–H and O–H groups in total. The second-order valence-corrected chi connectivity index (χ2v) is 6.85. The zero-order valence-corrected chi connectivity index (χ0v) is 13.8. The number of nitrogens with one attached hydrogen (secondary N) is 1. The van der Waals surface area contributed by atoms with E-state index in [9.17, 15) is 0 Å². The Hall–Kier alpha value is -0.120. The van der Waals surface area contributed by atoms with Crippen molar-refractivity contribution in [3.8, 4) is 0 Å². The van der Waals surface area contributed by atoms with Crippen LogP contribution in [0, 0.1) is 5.41 Å². The molecular formula is C16H34N2O. The normalized spacial score (nSPS) is 26.5. The van der Waals surface area contributed by atoms with Crippen molar-refractivity contribution in [2.75, 3.05) is 26.8 Å². The molecule has 0 saturated heterocycles. The highest BCUT2D eigenvalue weighted by atomic mass is 16.5. The smallest absolute Gasteiger partial charge is 0.0589 e. The van der Waals surface area contributed by atoms with Crippen molar-refractivity contribution in [3.05, 3.63) is 0 Å². The molecule has 1 fully saturated rings. The van der Waals surface area contributed by atoms with Crippen LogP contribution in [0.25, 0.3) is 0 Å². The van der Waals surface area contributed by atoms with Gasteiger partial charge in [-0.15, -0.1) is 0 Å². The number of nitrogens with zero attached hydrogens (tertiary/aromatic N) is 1. The summed E-state index contributed by atoms with van der Waals surface area (Å²) in [6.45, 7) is 14.7. The molecule has 0 aromatic rings. The highest BCUT2D eigenvalue weighted by Gasteiger charge is 2.44. The monoisotopic (exact) mass is 270 g/mol. The second-order valence-electron chi connectivity index (χ2n) is 6.85. The predicted octanol–water partition coefficient (Wildman–Crippen LogP) is 2.90. The van der Waals surface area contributed by atoms with E-state index in [1.165, 1.54) is 19.3 Å². The summed E-state index contributed by atoms with van der Waals surface area (Å²) < 4.78 is 5.29. The summed E-state index contributed by atoms with van der Waals surface area (Å²) in [5.41, 5.74) is 0.403. The van der Waals surface area contributed by atoms with Crippen molar-refractivity contribution in [2.24, 2.45) is 5.41 Å². The summed E-state index contributed by atoms with van der Waals surface area (Å²) in [5.74, 6) is 0. The molecule has 2 atom stereocenters. The molecule has 3 heteroatoms. The lowest BCUT2D eigenvalue weighted by Crippen LogP contribution is -2.54. The van der Waals surface area contributed by atoms with E-state index in [1.54, 1.807) is 7.11 Å². The third kappa shape index (κ3) is 4.44. The van der Waals surface area contributed by atoms with Crippen LogP contribution < -0.4 is 5.32 Å². The Kier molecular flexibility index (Phi) is 6.78.